The second-order valence-electron chi connectivity index (χ2n) is 6.45. The van der Waals surface area contributed by atoms with Gasteiger partial charge >= 0.3 is 0 Å². The van der Waals surface area contributed by atoms with E-state index in [-0.39, 0.29) is 0 Å². The Labute approximate surface area is 134 Å². The molecule has 21 heavy (non-hydrogen) atoms. The molecule has 3 atom stereocenters. The molecule has 0 amide bonds. The normalized spacial score (nSPS) is 24.7. The first kappa shape index (κ1) is 16.8. The van der Waals surface area contributed by atoms with Crippen LogP contribution < -0.4 is 5.32 Å². The van der Waals surface area contributed by atoms with Gasteiger partial charge in [0.25, 0.3) is 0 Å². The van der Waals surface area contributed by atoms with Gasteiger partial charge in [-0.05, 0) is 51.2 Å². The van der Waals surface area contributed by atoms with Gasteiger partial charge in [-0.1, -0.05) is 30.7 Å². The Morgan fingerprint density at radius 1 is 1.29 bits per heavy atom. The number of likely N-dealkylation sites (tertiary alicyclic amines) is 1. The smallest absolute Gasteiger partial charge is 0.0406 e. The molecule has 0 spiro atoms. The third-order valence-electron chi connectivity index (χ3n) is 4.67. The van der Waals surface area contributed by atoms with E-state index < -0.39 is 0 Å². The van der Waals surface area contributed by atoms with E-state index in [4.69, 9.17) is 11.6 Å². The lowest BCUT2D eigenvalue weighted by molar-refractivity contribution is 0.248. The van der Waals surface area contributed by atoms with Crippen LogP contribution in [-0.2, 0) is 0 Å². The van der Waals surface area contributed by atoms with Gasteiger partial charge in [0.05, 0.1) is 0 Å². The zero-order chi connectivity index (χ0) is 15.4. The van der Waals surface area contributed by atoms with E-state index in [9.17, 15) is 0 Å². The van der Waals surface area contributed by atoms with Gasteiger partial charge in [-0.25, -0.2) is 0 Å². The molecule has 0 saturated carbocycles. The van der Waals surface area contributed by atoms with E-state index in [1.807, 2.05) is 19.2 Å². The van der Waals surface area contributed by atoms with Gasteiger partial charge in [-0.15, -0.1) is 0 Å². The minimum Gasteiger partial charge on any atom is -0.313 e. The first-order valence-electron chi connectivity index (χ1n) is 7.82. The molecule has 1 aliphatic rings. The van der Waals surface area contributed by atoms with Crippen LogP contribution in [0, 0.1) is 5.92 Å². The lowest BCUT2D eigenvalue weighted by Crippen LogP contribution is -2.34. The molecular weight excluding hydrogens is 282 g/mol. The summed E-state index contributed by atoms with van der Waals surface area (Å²) in [5.74, 6) is 0.753. The minimum absolute atomic E-state index is 0.399. The Morgan fingerprint density at radius 3 is 2.48 bits per heavy atom. The fourth-order valence-corrected chi connectivity index (χ4v) is 3.51. The Bertz CT molecular complexity index is 432. The molecule has 0 bridgehead atoms. The highest BCUT2D eigenvalue weighted by Gasteiger charge is 2.30. The molecule has 1 fully saturated rings. The molecule has 4 heteroatoms. The summed E-state index contributed by atoms with van der Waals surface area (Å²) in [6.07, 6.45) is 1.13. The van der Waals surface area contributed by atoms with E-state index in [2.05, 4.69) is 48.3 Å². The van der Waals surface area contributed by atoms with E-state index in [1.165, 1.54) is 18.7 Å². The average molecular weight is 310 g/mol. The van der Waals surface area contributed by atoms with Gasteiger partial charge in [-0.2, -0.15) is 0 Å². The van der Waals surface area contributed by atoms with Crippen LogP contribution >= 0.6 is 11.6 Å². The first-order chi connectivity index (χ1) is 10.0. The summed E-state index contributed by atoms with van der Waals surface area (Å²) in [5, 5.41) is 4.23. The number of nitrogens with one attached hydrogen (secondary N) is 1. The third kappa shape index (κ3) is 4.43. The molecule has 0 aromatic heterocycles. The number of benzene rings is 1. The van der Waals surface area contributed by atoms with Gasteiger partial charge < -0.3 is 15.1 Å². The predicted molar refractivity (Wildman–Crippen MR) is 90.9 cm³/mol. The highest BCUT2D eigenvalue weighted by molar-refractivity contribution is 6.30. The summed E-state index contributed by atoms with van der Waals surface area (Å²) in [4.78, 5) is 4.95. The molecule has 0 radical (unpaired) electrons. The third-order valence-corrected chi connectivity index (χ3v) is 4.92. The quantitative estimate of drug-likeness (QED) is 0.872. The number of likely N-dealkylation sites (N-methyl/N-ethyl adjacent to an activating group) is 1. The van der Waals surface area contributed by atoms with Crippen LogP contribution in [0.3, 0.4) is 0 Å². The average Bonchev–Trinajstić information content (AvgIpc) is 2.82. The van der Waals surface area contributed by atoms with Crippen LogP contribution in [-0.4, -0.2) is 56.6 Å². The van der Waals surface area contributed by atoms with Crippen LogP contribution in [0.25, 0.3) is 0 Å². The number of nitrogens with zero attached hydrogens (tertiary/aromatic N) is 2. The number of halogens is 1. The molecule has 2 rings (SSSR count). The van der Waals surface area contributed by atoms with Crippen molar-refractivity contribution >= 4 is 11.6 Å². The molecule has 1 aromatic rings. The minimum atomic E-state index is 0.399. The SMILES string of the molecule is CNC(CCN1CC(C)C(N(C)C)C1)c1ccc(Cl)cc1. The van der Waals surface area contributed by atoms with E-state index in [1.54, 1.807) is 0 Å². The van der Waals surface area contributed by atoms with Crippen molar-refractivity contribution in [2.24, 2.45) is 5.92 Å². The molecular formula is C17H28ClN3. The zero-order valence-corrected chi connectivity index (χ0v) is 14.4. The van der Waals surface area contributed by atoms with Crippen LogP contribution in [0.2, 0.25) is 5.02 Å². The van der Waals surface area contributed by atoms with E-state index in [0.29, 0.717) is 12.1 Å². The lowest BCUT2D eigenvalue weighted by atomic mass is 10.0. The van der Waals surface area contributed by atoms with Crippen LogP contribution in [0.1, 0.15) is 24.9 Å². The van der Waals surface area contributed by atoms with Gasteiger partial charge in [0.15, 0.2) is 0 Å². The monoisotopic (exact) mass is 309 g/mol. The zero-order valence-electron chi connectivity index (χ0n) is 13.6. The van der Waals surface area contributed by atoms with Crippen molar-refractivity contribution in [3.05, 3.63) is 34.9 Å². The van der Waals surface area contributed by atoms with Gasteiger partial charge in [-0.3, -0.25) is 0 Å². The van der Waals surface area contributed by atoms with Crippen LogP contribution in [0.4, 0.5) is 0 Å². The lowest BCUT2D eigenvalue weighted by Gasteiger charge is -2.23. The Hall–Kier alpha value is -0.610. The van der Waals surface area contributed by atoms with Crippen molar-refractivity contribution in [1.82, 2.24) is 15.1 Å². The van der Waals surface area contributed by atoms with Gasteiger partial charge in [0.1, 0.15) is 0 Å². The summed E-state index contributed by atoms with van der Waals surface area (Å²) >= 11 is 5.97. The topological polar surface area (TPSA) is 18.5 Å². The van der Waals surface area contributed by atoms with Gasteiger partial charge in [0.2, 0.25) is 0 Å². The molecule has 3 unspecified atom stereocenters. The fraction of sp³-hybridized carbons (Fsp3) is 0.647. The van der Waals surface area contributed by atoms with Crippen LogP contribution in [0.15, 0.2) is 24.3 Å². The van der Waals surface area contributed by atoms with Crippen molar-refractivity contribution in [3.63, 3.8) is 0 Å². The summed E-state index contributed by atoms with van der Waals surface area (Å²) < 4.78 is 0. The summed E-state index contributed by atoms with van der Waals surface area (Å²) in [6, 6.07) is 9.28. The van der Waals surface area contributed by atoms with Crippen molar-refractivity contribution < 1.29 is 0 Å². The second kappa shape index (κ2) is 7.59. The Kier molecular flexibility index (Phi) is 6.06. The molecule has 118 valence electrons. The first-order valence-corrected chi connectivity index (χ1v) is 8.20. The summed E-state index contributed by atoms with van der Waals surface area (Å²) in [5.41, 5.74) is 1.32. The maximum absolute atomic E-state index is 5.97. The van der Waals surface area contributed by atoms with E-state index in [0.717, 1.165) is 23.9 Å². The predicted octanol–water partition coefficient (Wildman–Crippen LogP) is 2.87. The molecule has 1 heterocycles. The van der Waals surface area contributed by atoms with Crippen LogP contribution in [0.5, 0.6) is 0 Å². The second-order valence-corrected chi connectivity index (χ2v) is 6.89. The van der Waals surface area contributed by atoms with Gasteiger partial charge in [0, 0.05) is 36.7 Å². The molecule has 3 nitrogen and oxygen atoms in total. The number of rotatable bonds is 6. The molecule has 1 saturated heterocycles. The van der Waals surface area contributed by atoms with Crippen molar-refractivity contribution in [1.29, 1.82) is 0 Å². The maximum Gasteiger partial charge on any atom is 0.0406 e. The fourth-order valence-electron chi connectivity index (χ4n) is 3.39. The summed E-state index contributed by atoms with van der Waals surface area (Å²) in [7, 11) is 6.41. The molecule has 0 aliphatic carbocycles. The highest BCUT2D eigenvalue weighted by Crippen LogP contribution is 2.23. The molecule has 1 aliphatic heterocycles. The maximum atomic E-state index is 5.97. The molecule has 1 aromatic carbocycles. The van der Waals surface area contributed by atoms with Crippen molar-refractivity contribution in [3.8, 4) is 0 Å². The van der Waals surface area contributed by atoms with Crippen molar-refractivity contribution in [2.45, 2.75) is 25.4 Å². The molecule has 1 N–H and O–H groups in total. The highest BCUT2D eigenvalue weighted by atomic mass is 35.5. The number of hydrogen-bond acceptors (Lipinski definition) is 3. The standard InChI is InChI=1S/C17H28ClN3/c1-13-11-21(12-17(13)20(3)4)10-9-16(19-2)14-5-7-15(18)8-6-14/h5-8,13,16-17,19H,9-12H2,1-4H3. The number of hydrogen-bond donors (Lipinski definition) is 1. The Balaban J connectivity index is 1.88. The largest absolute Gasteiger partial charge is 0.313 e. The Morgan fingerprint density at radius 2 is 1.95 bits per heavy atom. The summed E-state index contributed by atoms with van der Waals surface area (Å²) in [6.45, 7) is 5.90. The van der Waals surface area contributed by atoms with E-state index >= 15 is 0 Å². The van der Waals surface area contributed by atoms with Crippen molar-refractivity contribution in [2.75, 3.05) is 40.8 Å².